The Bertz CT molecular complexity index is 867. The van der Waals surface area contributed by atoms with Gasteiger partial charge in [-0.05, 0) is 44.2 Å². The minimum absolute atomic E-state index is 0.270. The lowest BCUT2D eigenvalue weighted by Crippen LogP contribution is -2.40. The molecular formula is C20H24N4OS. The maximum absolute atomic E-state index is 12.6. The van der Waals surface area contributed by atoms with Crippen molar-refractivity contribution in [1.82, 2.24) is 19.9 Å². The lowest BCUT2D eigenvalue weighted by molar-refractivity contribution is -0.132. The molecule has 0 spiro atoms. The molecule has 0 bridgehead atoms. The monoisotopic (exact) mass is 368 g/mol. The molecule has 1 saturated heterocycles. The largest absolute Gasteiger partial charge is 0.342 e. The van der Waals surface area contributed by atoms with Crippen LogP contribution >= 0.6 is 11.3 Å². The lowest BCUT2D eigenvalue weighted by atomic mass is 9.94. The summed E-state index contributed by atoms with van der Waals surface area (Å²) in [5.74, 6) is 1.79. The summed E-state index contributed by atoms with van der Waals surface area (Å²) >= 11 is 1.65. The number of amides is 1. The van der Waals surface area contributed by atoms with Crippen LogP contribution in [0.2, 0.25) is 0 Å². The third kappa shape index (κ3) is 3.80. The first-order valence-electron chi connectivity index (χ1n) is 9.29. The maximum atomic E-state index is 12.6. The van der Waals surface area contributed by atoms with Crippen molar-refractivity contribution < 1.29 is 4.79 Å². The number of aryl methyl sites for hydroxylation is 2. The molecule has 0 radical (unpaired) electrons. The van der Waals surface area contributed by atoms with Crippen LogP contribution in [0.25, 0.3) is 11.0 Å². The molecule has 5 nitrogen and oxygen atoms in total. The van der Waals surface area contributed by atoms with Gasteiger partial charge in [-0.25, -0.2) is 9.97 Å². The first-order valence-corrected chi connectivity index (χ1v) is 10.2. The van der Waals surface area contributed by atoms with Gasteiger partial charge in [0, 0.05) is 30.8 Å². The van der Waals surface area contributed by atoms with Crippen LogP contribution in [0, 0.1) is 12.8 Å². The highest BCUT2D eigenvalue weighted by Gasteiger charge is 2.24. The van der Waals surface area contributed by atoms with E-state index in [2.05, 4.69) is 16.0 Å². The number of imidazole rings is 1. The topological polar surface area (TPSA) is 61.9 Å². The van der Waals surface area contributed by atoms with Crippen molar-refractivity contribution in [2.45, 2.75) is 39.0 Å². The highest BCUT2D eigenvalue weighted by molar-refractivity contribution is 7.09. The van der Waals surface area contributed by atoms with Gasteiger partial charge in [0.25, 0.3) is 0 Å². The molecule has 26 heavy (non-hydrogen) atoms. The Kier molecular flexibility index (Phi) is 5.02. The maximum Gasteiger partial charge on any atom is 0.222 e. The predicted octanol–water partition coefficient (Wildman–Crippen LogP) is 3.74. The molecule has 1 aliphatic rings. The second-order valence-corrected chi connectivity index (χ2v) is 8.05. The first kappa shape index (κ1) is 17.2. The number of nitrogens with zero attached hydrogens (tertiary/aromatic N) is 3. The number of likely N-dealkylation sites (tertiary alicyclic amines) is 1. The van der Waals surface area contributed by atoms with Crippen molar-refractivity contribution in [1.29, 1.82) is 0 Å². The molecule has 3 aromatic rings. The SMILES string of the molecule is Cc1ncsc1CCC(=O)N1CCC[C@H](Cc2nc3ccccc3[nH]2)C1. The molecule has 1 aromatic carbocycles. The number of para-hydroxylation sites is 2. The zero-order valence-corrected chi connectivity index (χ0v) is 15.9. The second kappa shape index (κ2) is 7.58. The molecule has 1 atom stereocenters. The van der Waals surface area contributed by atoms with Crippen molar-refractivity contribution in [3.8, 4) is 0 Å². The zero-order chi connectivity index (χ0) is 17.9. The van der Waals surface area contributed by atoms with Gasteiger partial charge in [0.15, 0.2) is 0 Å². The number of aromatic nitrogens is 3. The van der Waals surface area contributed by atoms with Gasteiger partial charge in [-0.1, -0.05) is 12.1 Å². The van der Waals surface area contributed by atoms with E-state index in [9.17, 15) is 4.79 Å². The van der Waals surface area contributed by atoms with Crippen LogP contribution in [-0.4, -0.2) is 38.8 Å². The number of carbonyl (C=O) groups excluding carboxylic acids is 1. The molecule has 6 heteroatoms. The third-order valence-corrected chi connectivity index (χ3v) is 6.20. The smallest absolute Gasteiger partial charge is 0.222 e. The molecule has 2 aromatic heterocycles. The number of aromatic amines is 1. The number of carbonyl (C=O) groups is 1. The summed E-state index contributed by atoms with van der Waals surface area (Å²) < 4.78 is 0. The van der Waals surface area contributed by atoms with Crippen LogP contribution in [-0.2, 0) is 17.6 Å². The Labute approximate surface area is 157 Å². The average molecular weight is 369 g/mol. The van der Waals surface area contributed by atoms with E-state index in [0.717, 1.165) is 61.3 Å². The van der Waals surface area contributed by atoms with E-state index in [1.165, 1.54) is 4.88 Å². The van der Waals surface area contributed by atoms with Crippen LogP contribution in [0.3, 0.4) is 0 Å². The molecule has 136 valence electrons. The fourth-order valence-electron chi connectivity index (χ4n) is 3.78. The van der Waals surface area contributed by atoms with Crippen LogP contribution in [0.15, 0.2) is 29.8 Å². The van der Waals surface area contributed by atoms with Crippen molar-refractivity contribution in [2.24, 2.45) is 5.92 Å². The van der Waals surface area contributed by atoms with E-state index in [1.54, 1.807) is 11.3 Å². The summed E-state index contributed by atoms with van der Waals surface area (Å²) in [7, 11) is 0. The van der Waals surface area contributed by atoms with Crippen LogP contribution in [0.5, 0.6) is 0 Å². The molecule has 1 aliphatic heterocycles. The Morgan fingerprint density at radius 1 is 1.38 bits per heavy atom. The number of thiazole rings is 1. The molecule has 0 saturated carbocycles. The Hall–Kier alpha value is -2.21. The first-order chi connectivity index (χ1) is 12.7. The Morgan fingerprint density at radius 2 is 2.27 bits per heavy atom. The number of hydrogen-bond acceptors (Lipinski definition) is 4. The third-order valence-electron chi connectivity index (χ3n) is 5.20. The van der Waals surface area contributed by atoms with E-state index < -0.39 is 0 Å². The quantitative estimate of drug-likeness (QED) is 0.746. The van der Waals surface area contributed by atoms with Gasteiger partial charge in [-0.15, -0.1) is 11.3 Å². The molecule has 1 amide bonds. The second-order valence-electron chi connectivity index (χ2n) is 7.11. The number of H-pyrrole nitrogens is 1. The summed E-state index contributed by atoms with van der Waals surface area (Å²) in [4.78, 5) is 28.3. The summed E-state index contributed by atoms with van der Waals surface area (Å²) in [5, 5.41) is 0. The van der Waals surface area contributed by atoms with Gasteiger partial charge in [0.1, 0.15) is 5.82 Å². The predicted molar refractivity (Wildman–Crippen MR) is 104 cm³/mol. The summed E-state index contributed by atoms with van der Waals surface area (Å²) in [6.07, 6.45) is 4.54. The number of hydrogen-bond donors (Lipinski definition) is 1. The van der Waals surface area contributed by atoms with Gasteiger partial charge in [-0.3, -0.25) is 4.79 Å². The van der Waals surface area contributed by atoms with E-state index in [1.807, 2.05) is 35.5 Å². The standard InChI is InChI=1S/C20H24N4OS/c1-14-18(26-13-21-14)8-9-20(25)24-10-4-5-15(12-24)11-19-22-16-6-2-3-7-17(16)23-19/h2-3,6-7,13,15H,4-5,8-12H2,1H3,(H,22,23)/t15-/m1/s1. The van der Waals surface area contributed by atoms with Crippen LogP contribution in [0.1, 0.15) is 35.7 Å². The van der Waals surface area contributed by atoms with E-state index >= 15 is 0 Å². The normalized spacial score (nSPS) is 17.7. The average Bonchev–Trinajstić information content (AvgIpc) is 3.25. The molecule has 3 heterocycles. The Balaban J connectivity index is 1.34. The van der Waals surface area contributed by atoms with E-state index in [-0.39, 0.29) is 5.91 Å². The molecule has 1 fully saturated rings. The molecule has 0 unspecified atom stereocenters. The highest BCUT2D eigenvalue weighted by atomic mass is 32.1. The number of piperidine rings is 1. The summed E-state index contributed by atoms with van der Waals surface area (Å²) in [5.41, 5.74) is 5.03. The number of fused-ring (bicyclic) bond motifs is 1. The zero-order valence-electron chi connectivity index (χ0n) is 15.1. The minimum Gasteiger partial charge on any atom is -0.342 e. The van der Waals surface area contributed by atoms with Crippen LogP contribution < -0.4 is 0 Å². The van der Waals surface area contributed by atoms with Crippen LogP contribution in [0.4, 0.5) is 0 Å². The molecule has 1 N–H and O–H groups in total. The van der Waals surface area contributed by atoms with Gasteiger partial charge >= 0.3 is 0 Å². The Morgan fingerprint density at radius 3 is 3.08 bits per heavy atom. The lowest BCUT2D eigenvalue weighted by Gasteiger charge is -2.32. The van der Waals surface area contributed by atoms with Crippen molar-refractivity contribution in [3.63, 3.8) is 0 Å². The van der Waals surface area contributed by atoms with E-state index in [0.29, 0.717) is 12.3 Å². The van der Waals surface area contributed by atoms with E-state index in [4.69, 9.17) is 4.98 Å². The van der Waals surface area contributed by atoms with Crippen molar-refractivity contribution >= 4 is 28.3 Å². The number of benzene rings is 1. The summed E-state index contributed by atoms with van der Waals surface area (Å²) in [6, 6.07) is 8.13. The highest BCUT2D eigenvalue weighted by Crippen LogP contribution is 2.23. The fourth-order valence-corrected chi connectivity index (χ4v) is 4.56. The summed E-state index contributed by atoms with van der Waals surface area (Å²) in [6.45, 7) is 3.75. The minimum atomic E-state index is 0.270. The fraction of sp³-hybridized carbons (Fsp3) is 0.450. The molecule has 0 aliphatic carbocycles. The molecule has 4 rings (SSSR count). The van der Waals surface area contributed by atoms with Crippen molar-refractivity contribution in [3.05, 3.63) is 46.2 Å². The number of nitrogens with one attached hydrogen (secondary N) is 1. The van der Waals surface area contributed by atoms with Gasteiger partial charge in [-0.2, -0.15) is 0 Å². The van der Waals surface area contributed by atoms with Gasteiger partial charge < -0.3 is 9.88 Å². The van der Waals surface area contributed by atoms with Crippen molar-refractivity contribution in [2.75, 3.05) is 13.1 Å². The number of rotatable bonds is 5. The van der Waals surface area contributed by atoms with Gasteiger partial charge in [0.2, 0.25) is 5.91 Å². The van der Waals surface area contributed by atoms with Gasteiger partial charge in [0.05, 0.1) is 22.2 Å². The molecular weight excluding hydrogens is 344 g/mol.